The van der Waals surface area contributed by atoms with Crippen LogP contribution in [0.3, 0.4) is 0 Å². The third-order valence-corrected chi connectivity index (χ3v) is 5.04. The molecule has 6 heteroatoms. The molecule has 0 radical (unpaired) electrons. The number of aryl methyl sites for hydroxylation is 1. The van der Waals surface area contributed by atoms with Crippen molar-refractivity contribution in [1.29, 1.82) is 0 Å². The van der Waals surface area contributed by atoms with Crippen molar-refractivity contribution in [2.75, 3.05) is 18.0 Å². The fourth-order valence-corrected chi connectivity index (χ4v) is 3.60. The molecular weight excluding hydrogens is 326 g/mol. The first-order valence-electron chi connectivity index (χ1n) is 9.00. The van der Waals surface area contributed by atoms with Gasteiger partial charge in [0, 0.05) is 44.0 Å². The summed E-state index contributed by atoms with van der Waals surface area (Å²) in [5, 5.41) is 10.8. The van der Waals surface area contributed by atoms with Gasteiger partial charge in [-0.15, -0.1) is 0 Å². The molecule has 1 aliphatic heterocycles. The van der Waals surface area contributed by atoms with Gasteiger partial charge in [0.2, 0.25) is 0 Å². The van der Waals surface area contributed by atoms with Crippen LogP contribution in [0.15, 0.2) is 55.1 Å². The second kappa shape index (κ2) is 7.25. The Bertz CT molecular complexity index is 863. The Morgan fingerprint density at radius 3 is 2.81 bits per heavy atom. The van der Waals surface area contributed by atoms with E-state index in [1.165, 1.54) is 0 Å². The molecule has 1 saturated heterocycles. The number of benzene rings is 1. The average molecular weight is 349 g/mol. The van der Waals surface area contributed by atoms with E-state index in [0.717, 1.165) is 48.8 Å². The standard InChI is InChI=1S/C20H23N5O/c1-24-11-9-22-20(24)19(26)16-8-5-10-25(14-16)18-13-21-12-17(23-18)15-6-3-2-4-7-15/h2-4,6-7,9,11-13,16,19,26H,5,8,10,14H2,1H3/t16-,19-/m1/s1. The van der Waals surface area contributed by atoms with Gasteiger partial charge in [-0.25, -0.2) is 9.97 Å². The highest BCUT2D eigenvalue weighted by atomic mass is 16.3. The molecule has 0 spiro atoms. The highest BCUT2D eigenvalue weighted by molar-refractivity contribution is 5.59. The Hall–Kier alpha value is -2.73. The Morgan fingerprint density at radius 2 is 2.04 bits per heavy atom. The second-order valence-electron chi connectivity index (χ2n) is 6.82. The Morgan fingerprint density at radius 1 is 1.19 bits per heavy atom. The van der Waals surface area contributed by atoms with Gasteiger partial charge >= 0.3 is 0 Å². The van der Waals surface area contributed by atoms with Gasteiger partial charge in [0.15, 0.2) is 0 Å². The zero-order valence-electron chi connectivity index (χ0n) is 14.9. The van der Waals surface area contributed by atoms with E-state index in [2.05, 4.69) is 14.9 Å². The van der Waals surface area contributed by atoms with Crippen LogP contribution in [0.2, 0.25) is 0 Å². The van der Waals surface area contributed by atoms with Gasteiger partial charge in [-0.3, -0.25) is 4.98 Å². The zero-order valence-corrected chi connectivity index (χ0v) is 14.9. The van der Waals surface area contributed by atoms with E-state index >= 15 is 0 Å². The molecule has 2 aromatic heterocycles. The Balaban J connectivity index is 1.54. The molecule has 26 heavy (non-hydrogen) atoms. The van der Waals surface area contributed by atoms with Crippen molar-refractivity contribution in [3.63, 3.8) is 0 Å². The third-order valence-electron chi connectivity index (χ3n) is 5.04. The van der Waals surface area contributed by atoms with E-state index in [0.29, 0.717) is 0 Å². The van der Waals surface area contributed by atoms with Gasteiger partial charge < -0.3 is 14.6 Å². The number of hydrogen-bond acceptors (Lipinski definition) is 5. The topological polar surface area (TPSA) is 67.1 Å². The monoisotopic (exact) mass is 349 g/mol. The Labute approximate surface area is 153 Å². The van der Waals surface area contributed by atoms with Gasteiger partial charge in [-0.2, -0.15) is 0 Å². The van der Waals surface area contributed by atoms with Crippen LogP contribution >= 0.6 is 0 Å². The predicted molar refractivity (Wildman–Crippen MR) is 101 cm³/mol. The lowest BCUT2D eigenvalue weighted by Crippen LogP contribution is -2.39. The first kappa shape index (κ1) is 16.7. The minimum absolute atomic E-state index is 0.132. The van der Waals surface area contributed by atoms with Gasteiger partial charge in [0.05, 0.1) is 18.1 Å². The number of imidazole rings is 1. The summed E-state index contributed by atoms with van der Waals surface area (Å²) < 4.78 is 1.89. The van der Waals surface area contributed by atoms with Crippen LogP contribution in [0.4, 0.5) is 5.82 Å². The van der Waals surface area contributed by atoms with Gasteiger partial charge in [-0.1, -0.05) is 30.3 Å². The quantitative estimate of drug-likeness (QED) is 0.784. The summed E-state index contributed by atoms with van der Waals surface area (Å²) in [5.74, 6) is 1.72. The highest BCUT2D eigenvalue weighted by Crippen LogP contribution is 2.31. The van der Waals surface area contributed by atoms with Crippen LogP contribution in [0.25, 0.3) is 11.3 Å². The van der Waals surface area contributed by atoms with Crippen molar-refractivity contribution in [3.8, 4) is 11.3 Å². The maximum Gasteiger partial charge on any atom is 0.147 e. The number of rotatable bonds is 4. The molecule has 0 bridgehead atoms. The molecule has 1 aliphatic rings. The lowest BCUT2D eigenvalue weighted by Gasteiger charge is -2.35. The van der Waals surface area contributed by atoms with E-state index < -0.39 is 6.10 Å². The van der Waals surface area contributed by atoms with Crippen molar-refractivity contribution < 1.29 is 5.11 Å². The SMILES string of the molecule is Cn1ccnc1[C@H](O)[C@@H]1CCCN(c2cncc(-c3ccccc3)n2)C1. The molecule has 0 unspecified atom stereocenters. The van der Waals surface area contributed by atoms with Crippen LogP contribution in [-0.2, 0) is 7.05 Å². The predicted octanol–water partition coefficient (Wildman–Crippen LogP) is 2.83. The van der Waals surface area contributed by atoms with E-state index in [-0.39, 0.29) is 5.92 Å². The molecule has 2 atom stereocenters. The molecule has 134 valence electrons. The summed E-state index contributed by atoms with van der Waals surface area (Å²) in [7, 11) is 1.92. The van der Waals surface area contributed by atoms with Gasteiger partial charge in [-0.05, 0) is 12.8 Å². The molecule has 1 aromatic carbocycles. The lowest BCUT2D eigenvalue weighted by molar-refractivity contribution is 0.0873. The van der Waals surface area contributed by atoms with Crippen molar-refractivity contribution in [1.82, 2.24) is 19.5 Å². The molecule has 4 rings (SSSR count). The van der Waals surface area contributed by atoms with Crippen LogP contribution in [-0.4, -0.2) is 37.7 Å². The normalized spacial score (nSPS) is 18.7. The summed E-state index contributed by atoms with van der Waals surface area (Å²) >= 11 is 0. The third kappa shape index (κ3) is 3.32. The number of aliphatic hydroxyl groups is 1. The number of aromatic nitrogens is 4. The Kier molecular flexibility index (Phi) is 4.67. The highest BCUT2D eigenvalue weighted by Gasteiger charge is 2.29. The van der Waals surface area contributed by atoms with Crippen LogP contribution in [0.5, 0.6) is 0 Å². The largest absolute Gasteiger partial charge is 0.385 e. The molecule has 0 saturated carbocycles. The van der Waals surface area contributed by atoms with Crippen LogP contribution < -0.4 is 4.90 Å². The van der Waals surface area contributed by atoms with Gasteiger partial charge in [0.1, 0.15) is 17.7 Å². The first-order chi connectivity index (χ1) is 12.7. The first-order valence-corrected chi connectivity index (χ1v) is 9.00. The van der Waals surface area contributed by atoms with E-state index in [4.69, 9.17) is 4.98 Å². The number of aliphatic hydroxyl groups excluding tert-OH is 1. The number of piperidine rings is 1. The molecule has 1 fully saturated rings. The fourth-order valence-electron chi connectivity index (χ4n) is 3.60. The van der Waals surface area contributed by atoms with Crippen LogP contribution in [0, 0.1) is 5.92 Å². The molecule has 3 heterocycles. The van der Waals surface area contributed by atoms with Crippen molar-refractivity contribution in [2.45, 2.75) is 18.9 Å². The molecule has 0 aliphatic carbocycles. The minimum Gasteiger partial charge on any atom is -0.385 e. The van der Waals surface area contributed by atoms with E-state index in [9.17, 15) is 5.11 Å². The molecule has 0 amide bonds. The van der Waals surface area contributed by atoms with Crippen molar-refractivity contribution in [2.24, 2.45) is 13.0 Å². The average Bonchev–Trinajstić information content (AvgIpc) is 3.14. The summed E-state index contributed by atoms with van der Waals surface area (Å²) in [6.45, 7) is 1.68. The smallest absolute Gasteiger partial charge is 0.147 e. The number of hydrogen-bond donors (Lipinski definition) is 1. The molecule has 6 nitrogen and oxygen atoms in total. The summed E-state index contributed by atoms with van der Waals surface area (Å²) in [5.41, 5.74) is 1.93. The summed E-state index contributed by atoms with van der Waals surface area (Å²) in [4.78, 5) is 15.7. The minimum atomic E-state index is -0.567. The molecule has 1 N–H and O–H groups in total. The molecular formula is C20H23N5O. The maximum atomic E-state index is 10.8. The lowest BCUT2D eigenvalue weighted by atomic mass is 9.92. The zero-order chi connectivity index (χ0) is 17.9. The molecule has 3 aromatic rings. The van der Waals surface area contributed by atoms with Gasteiger partial charge in [0.25, 0.3) is 0 Å². The van der Waals surface area contributed by atoms with Crippen LogP contribution in [0.1, 0.15) is 24.8 Å². The van der Waals surface area contributed by atoms with E-state index in [1.807, 2.05) is 54.3 Å². The van der Waals surface area contributed by atoms with Crippen molar-refractivity contribution in [3.05, 3.63) is 60.9 Å². The number of nitrogens with zero attached hydrogens (tertiary/aromatic N) is 5. The van der Waals surface area contributed by atoms with Crippen molar-refractivity contribution >= 4 is 5.82 Å². The summed E-state index contributed by atoms with van der Waals surface area (Å²) in [6.07, 6.45) is 8.63. The number of anilines is 1. The second-order valence-corrected chi connectivity index (χ2v) is 6.82. The fraction of sp³-hybridized carbons (Fsp3) is 0.350. The maximum absolute atomic E-state index is 10.8. The van der Waals surface area contributed by atoms with E-state index in [1.54, 1.807) is 12.4 Å². The summed E-state index contributed by atoms with van der Waals surface area (Å²) in [6, 6.07) is 10.1.